The molecule has 2 aromatic rings. The van der Waals surface area contributed by atoms with E-state index in [1.807, 2.05) is 6.07 Å². The van der Waals surface area contributed by atoms with Crippen molar-refractivity contribution in [3.05, 3.63) is 77.9 Å². The molecular weight excluding hydrogens is 459 g/mol. The molecule has 33 heavy (non-hydrogen) atoms. The number of hydrogen-bond acceptors (Lipinski definition) is 5. The quantitative estimate of drug-likeness (QED) is 0.616. The zero-order valence-electron chi connectivity index (χ0n) is 17.2. The van der Waals surface area contributed by atoms with Gasteiger partial charge in [0.2, 0.25) is 15.9 Å². The van der Waals surface area contributed by atoms with E-state index in [0.717, 1.165) is 18.2 Å². The fourth-order valence-electron chi connectivity index (χ4n) is 3.38. The Kier molecular flexibility index (Phi) is 7.22. The summed E-state index contributed by atoms with van der Waals surface area (Å²) in [6.07, 6.45) is -4.23. The first-order valence-corrected chi connectivity index (χ1v) is 11.2. The van der Waals surface area contributed by atoms with Gasteiger partial charge in [0.15, 0.2) is 0 Å². The van der Waals surface area contributed by atoms with Crippen LogP contribution in [-0.2, 0) is 32.3 Å². The zero-order valence-corrected chi connectivity index (χ0v) is 18.1. The minimum absolute atomic E-state index is 0.00633. The number of halogens is 3. The number of carbonyl (C=O) groups is 1. The lowest BCUT2D eigenvalue weighted by atomic mass is 10.1. The maximum Gasteiger partial charge on any atom is 0.416 e. The Morgan fingerprint density at radius 2 is 1.94 bits per heavy atom. The second-order valence-electron chi connectivity index (χ2n) is 7.36. The van der Waals surface area contributed by atoms with Gasteiger partial charge in [0.1, 0.15) is 0 Å². The van der Waals surface area contributed by atoms with Crippen molar-refractivity contribution < 1.29 is 31.1 Å². The van der Waals surface area contributed by atoms with Gasteiger partial charge < -0.3 is 9.64 Å². The molecule has 0 unspecified atom stereocenters. The van der Waals surface area contributed by atoms with Crippen molar-refractivity contribution in [2.45, 2.75) is 29.8 Å². The van der Waals surface area contributed by atoms with Gasteiger partial charge in [-0.05, 0) is 48.0 Å². The summed E-state index contributed by atoms with van der Waals surface area (Å²) in [5, 5.41) is 8.88. The standard InChI is InChI=1S/C22H20F3N3O4S/c1-2-21(29)28-12-19(27-33(30,31)18-8-6-15(11-26)7-9-18)20(13-28)32-14-16-4-3-5-17(10-16)22(23,24)25/h2-10,19-20,27H,1,12-14H2/t19-,20-/m1/s1. The Balaban J connectivity index is 1.77. The number of benzene rings is 2. The number of alkyl halides is 3. The first-order chi connectivity index (χ1) is 15.5. The summed E-state index contributed by atoms with van der Waals surface area (Å²) < 4.78 is 72.7. The summed E-state index contributed by atoms with van der Waals surface area (Å²) in [5.41, 5.74) is -0.275. The van der Waals surface area contributed by atoms with E-state index in [9.17, 15) is 26.4 Å². The Bertz CT molecular complexity index is 1170. The van der Waals surface area contributed by atoms with Crippen LogP contribution in [0.1, 0.15) is 16.7 Å². The molecule has 11 heteroatoms. The number of likely N-dealkylation sites (tertiary alicyclic amines) is 1. The lowest BCUT2D eigenvalue weighted by molar-refractivity contribution is -0.137. The van der Waals surface area contributed by atoms with E-state index in [1.165, 1.54) is 41.3 Å². The molecule has 1 aliphatic heterocycles. The van der Waals surface area contributed by atoms with Crippen LogP contribution in [0.15, 0.2) is 66.1 Å². The van der Waals surface area contributed by atoms with Gasteiger partial charge >= 0.3 is 6.18 Å². The van der Waals surface area contributed by atoms with Gasteiger partial charge in [-0.25, -0.2) is 13.1 Å². The Morgan fingerprint density at radius 3 is 2.55 bits per heavy atom. The van der Waals surface area contributed by atoms with Crippen LogP contribution in [0.5, 0.6) is 0 Å². The topological polar surface area (TPSA) is 99.5 Å². The SMILES string of the molecule is C=CC(=O)N1C[C@@H](NS(=O)(=O)c2ccc(C#N)cc2)[C@H](OCc2cccc(C(F)(F)F)c2)C1. The van der Waals surface area contributed by atoms with E-state index in [-0.39, 0.29) is 30.2 Å². The Morgan fingerprint density at radius 1 is 1.24 bits per heavy atom. The molecule has 3 rings (SSSR count). The van der Waals surface area contributed by atoms with Crippen molar-refractivity contribution in [2.24, 2.45) is 0 Å². The molecule has 0 aliphatic carbocycles. The molecule has 0 bridgehead atoms. The van der Waals surface area contributed by atoms with Crippen molar-refractivity contribution in [3.8, 4) is 6.07 Å². The second kappa shape index (κ2) is 9.74. The average Bonchev–Trinajstić information content (AvgIpc) is 3.18. The lowest BCUT2D eigenvalue weighted by Crippen LogP contribution is -2.43. The fourth-order valence-corrected chi connectivity index (χ4v) is 4.64. The number of rotatable bonds is 7. The van der Waals surface area contributed by atoms with E-state index in [4.69, 9.17) is 10.00 Å². The third-order valence-corrected chi connectivity index (χ3v) is 6.58. The van der Waals surface area contributed by atoms with Crippen molar-refractivity contribution in [1.82, 2.24) is 9.62 Å². The first kappa shape index (κ1) is 24.4. The molecule has 2 aromatic carbocycles. The van der Waals surface area contributed by atoms with E-state index < -0.39 is 39.8 Å². The number of nitriles is 1. The van der Waals surface area contributed by atoms with Gasteiger partial charge in [0.05, 0.1) is 40.8 Å². The molecule has 1 aliphatic rings. The highest BCUT2D eigenvalue weighted by atomic mass is 32.2. The normalized spacial score (nSPS) is 18.7. The van der Waals surface area contributed by atoms with E-state index in [2.05, 4.69) is 11.3 Å². The lowest BCUT2D eigenvalue weighted by Gasteiger charge is -2.20. The summed E-state index contributed by atoms with van der Waals surface area (Å²) >= 11 is 0. The average molecular weight is 479 g/mol. The number of sulfonamides is 1. The number of ether oxygens (including phenoxy) is 1. The zero-order chi connectivity index (χ0) is 24.2. The third-order valence-electron chi connectivity index (χ3n) is 5.07. The molecule has 7 nitrogen and oxygen atoms in total. The van der Waals surface area contributed by atoms with Crippen molar-refractivity contribution in [3.63, 3.8) is 0 Å². The van der Waals surface area contributed by atoms with Crippen LogP contribution in [0.2, 0.25) is 0 Å². The number of hydrogen-bond donors (Lipinski definition) is 1. The van der Waals surface area contributed by atoms with E-state index in [0.29, 0.717) is 5.56 Å². The second-order valence-corrected chi connectivity index (χ2v) is 9.07. The van der Waals surface area contributed by atoms with Gasteiger partial charge in [-0.2, -0.15) is 18.4 Å². The van der Waals surface area contributed by atoms with Crippen LogP contribution in [0, 0.1) is 11.3 Å². The minimum atomic E-state index is -4.50. The number of nitrogens with one attached hydrogen (secondary N) is 1. The van der Waals surface area contributed by atoms with Crippen LogP contribution in [0.25, 0.3) is 0 Å². The summed E-state index contributed by atoms with van der Waals surface area (Å²) in [5.74, 6) is -0.428. The minimum Gasteiger partial charge on any atom is -0.370 e. The van der Waals surface area contributed by atoms with Crippen molar-refractivity contribution >= 4 is 15.9 Å². The summed E-state index contributed by atoms with van der Waals surface area (Å²) in [6.45, 7) is 3.23. The van der Waals surface area contributed by atoms with Gasteiger partial charge in [0.25, 0.3) is 0 Å². The highest BCUT2D eigenvalue weighted by molar-refractivity contribution is 7.89. The molecule has 1 amide bonds. The largest absolute Gasteiger partial charge is 0.416 e. The van der Waals surface area contributed by atoms with Crippen LogP contribution >= 0.6 is 0 Å². The van der Waals surface area contributed by atoms with Crippen molar-refractivity contribution in [1.29, 1.82) is 5.26 Å². The highest BCUT2D eigenvalue weighted by Gasteiger charge is 2.38. The molecule has 0 aromatic heterocycles. The highest BCUT2D eigenvalue weighted by Crippen LogP contribution is 2.30. The molecule has 1 N–H and O–H groups in total. The van der Waals surface area contributed by atoms with Crippen LogP contribution in [0.3, 0.4) is 0 Å². The molecule has 2 atom stereocenters. The maximum absolute atomic E-state index is 13.0. The summed E-state index contributed by atoms with van der Waals surface area (Å²) in [6, 6.07) is 10.9. The summed E-state index contributed by atoms with van der Waals surface area (Å²) in [7, 11) is -4.02. The molecule has 0 spiro atoms. The van der Waals surface area contributed by atoms with Gasteiger partial charge in [-0.3, -0.25) is 4.79 Å². The smallest absolute Gasteiger partial charge is 0.370 e. The number of nitrogens with zero attached hydrogens (tertiary/aromatic N) is 2. The number of amides is 1. The molecule has 1 fully saturated rings. The predicted molar refractivity (Wildman–Crippen MR) is 112 cm³/mol. The first-order valence-electron chi connectivity index (χ1n) is 9.75. The van der Waals surface area contributed by atoms with E-state index in [1.54, 1.807) is 0 Å². The van der Waals surface area contributed by atoms with Crippen molar-refractivity contribution in [2.75, 3.05) is 13.1 Å². The fraction of sp³-hybridized carbons (Fsp3) is 0.273. The number of carbonyl (C=O) groups excluding carboxylic acids is 1. The monoisotopic (exact) mass is 479 g/mol. The van der Waals surface area contributed by atoms with Crippen LogP contribution < -0.4 is 4.72 Å². The molecule has 0 radical (unpaired) electrons. The molecular formula is C22H20F3N3O4S. The Hall–Kier alpha value is -3.20. The van der Waals surface area contributed by atoms with Gasteiger partial charge in [-0.15, -0.1) is 0 Å². The van der Waals surface area contributed by atoms with Crippen LogP contribution in [-0.4, -0.2) is 44.5 Å². The van der Waals surface area contributed by atoms with Gasteiger partial charge in [-0.1, -0.05) is 18.7 Å². The molecule has 174 valence electrons. The third kappa shape index (κ3) is 5.98. The molecule has 1 heterocycles. The predicted octanol–water partition coefficient (Wildman–Crippen LogP) is 2.84. The Labute approximate surface area is 189 Å². The van der Waals surface area contributed by atoms with Gasteiger partial charge in [0, 0.05) is 13.1 Å². The van der Waals surface area contributed by atoms with E-state index >= 15 is 0 Å². The molecule has 1 saturated heterocycles. The van der Waals surface area contributed by atoms with Crippen LogP contribution in [0.4, 0.5) is 13.2 Å². The molecule has 0 saturated carbocycles. The summed E-state index contributed by atoms with van der Waals surface area (Å²) in [4.78, 5) is 13.3. The maximum atomic E-state index is 13.0.